The molecule has 4 rings (SSSR count). The van der Waals surface area contributed by atoms with Crippen molar-refractivity contribution in [1.82, 2.24) is 0 Å². The Morgan fingerprint density at radius 3 is 2.28 bits per heavy atom. The van der Waals surface area contributed by atoms with Gasteiger partial charge in [0, 0.05) is 16.9 Å². The van der Waals surface area contributed by atoms with Crippen LogP contribution in [0.3, 0.4) is 0 Å². The fourth-order valence-electron chi connectivity index (χ4n) is 3.31. The van der Waals surface area contributed by atoms with E-state index in [0.717, 1.165) is 16.2 Å². The second-order valence-electron chi connectivity index (χ2n) is 6.73. The molecule has 0 bridgehead atoms. The van der Waals surface area contributed by atoms with E-state index in [0.29, 0.717) is 30.3 Å². The van der Waals surface area contributed by atoms with Gasteiger partial charge in [-0.05, 0) is 36.4 Å². The van der Waals surface area contributed by atoms with Gasteiger partial charge in [0.1, 0.15) is 11.5 Å². The molecule has 1 atom stereocenters. The average molecular weight is 427 g/mol. The number of ether oxygens (including phenoxy) is 2. The Morgan fingerprint density at radius 1 is 0.828 bits per heavy atom. The van der Waals surface area contributed by atoms with Crippen LogP contribution in [0, 0.1) is 0 Å². The molecule has 0 saturated carbocycles. The number of para-hydroxylation sites is 1. The molecule has 3 aromatic rings. The fourth-order valence-corrected chi connectivity index (χ4v) is 6.81. The van der Waals surface area contributed by atoms with E-state index >= 15 is 0 Å². The first-order valence-corrected chi connectivity index (χ1v) is 12.0. The zero-order chi connectivity index (χ0) is 20.1. The second-order valence-corrected chi connectivity index (χ2v) is 10.0. The highest BCUT2D eigenvalue weighted by atomic mass is 32.2. The molecule has 0 saturated heterocycles. The molecule has 3 aromatic carbocycles. The number of benzene rings is 3. The van der Waals surface area contributed by atoms with Crippen LogP contribution >= 0.6 is 11.8 Å². The standard InChI is InChI=1S/C23H22O4S2/c24-29(25)17-21(28-19-11-5-2-6-12-19)23-20(13-7-14-22(23)29)27-16-8-15-26-18-9-3-1-4-10-18/h1-7,9-14,21H,8,15-17H2. The Bertz CT molecular complexity index is 1050. The molecule has 4 nitrogen and oxygen atoms in total. The van der Waals surface area contributed by atoms with Crippen molar-refractivity contribution < 1.29 is 17.9 Å². The topological polar surface area (TPSA) is 52.6 Å². The van der Waals surface area contributed by atoms with E-state index in [4.69, 9.17) is 9.47 Å². The zero-order valence-electron chi connectivity index (χ0n) is 15.9. The van der Waals surface area contributed by atoms with Crippen LogP contribution in [-0.2, 0) is 9.84 Å². The normalized spacial score (nSPS) is 16.9. The molecule has 0 fully saturated rings. The maximum atomic E-state index is 12.7. The maximum absolute atomic E-state index is 12.7. The summed E-state index contributed by atoms with van der Waals surface area (Å²) in [7, 11) is -3.29. The van der Waals surface area contributed by atoms with Crippen LogP contribution in [0.2, 0.25) is 0 Å². The number of rotatable bonds is 8. The molecule has 6 heteroatoms. The Hall–Kier alpha value is -2.44. The van der Waals surface area contributed by atoms with Gasteiger partial charge in [0.15, 0.2) is 9.84 Å². The van der Waals surface area contributed by atoms with Crippen LogP contribution in [-0.4, -0.2) is 27.4 Å². The van der Waals surface area contributed by atoms with Crippen LogP contribution in [0.1, 0.15) is 17.2 Å². The highest BCUT2D eigenvalue weighted by Crippen LogP contribution is 2.48. The van der Waals surface area contributed by atoms with Crippen LogP contribution < -0.4 is 9.47 Å². The first-order chi connectivity index (χ1) is 14.1. The Balaban J connectivity index is 1.44. The monoisotopic (exact) mass is 426 g/mol. The molecule has 0 N–H and O–H groups in total. The van der Waals surface area contributed by atoms with Crippen molar-refractivity contribution in [3.63, 3.8) is 0 Å². The summed E-state index contributed by atoms with van der Waals surface area (Å²) >= 11 is 1.57. The summed E-state index contributed by atoms with van der Waals surface area (Å²) in [4.78, 5) is 1.44. The van der Waals surface area contributed by atoms with Crippen LogP contribution in [0.5, 0.6) is 11.5 Å². The Kier molecular flexibility index (Phi) is 6.11. The van der Waals surface area contributed by atoms with Gasteiger partial charge in [-0.25, -0.2) is 8.42 Å². The quantitative estimate of drug-likeness (QED) is 0.466. The van der Waals surface area contributed by atoms with Gasteiger partial charge in [-0.1, -0.05) is 42.5 Å². The van der Waals surface area contributed by atoms with E-state index in [1.165, 1.54) is 0 Å². The highest BCUT2D eigenvalue weighted by molar-refractivity contribution is 8.01. The minimum absolute atomic E-state index is 0.0966. The molecular formula is C23H22O4S2. The SMILES string of the molecule is O=S1(=O)CC(Sc2ccccc2)c2c(OCCCOc3ccccc3)cccc21. The third-order valence-corrected chi connectivity index (χ3v) is 7.87. The molecule has 0 amide bonds. The third kappa shape index (κ3) is 4.77. The molecule has 1 heterocycles. The van der Waals surface area contributed by atoms with E-state index in [-0.39, 0.29) is 11.0 Å². The van der Waals surface area contributed by atoms with Gasteiger partial charge in [0.2, 0.25) is 0 Å². The molecule has 0 aliphatic carbocycles. The minimum atomic E-state index is -3.29. The van der Waals surface area contributed by atoms with Gasteiger partial charge < -0.3 is 9.47 Å². The smallest absolute Gasteiger partial charge is 0.180 e. The first-order valence-electron chi connectivity index (χ1n) is 9.51. The molecule has 1 unspecified atom stereocenters. The minimum Gasteiger partial charge on any atom is -0.493 e. The lowest BCUT2D eigenvalue weighted by Gasteiger charge is -2.15. The van der Waals surface area contributed by atoms with Gasteiger partial charge in [0.25, 0.3) is 0 Å². The average Bonchev–Trinajstić information content (AvgIpc) is 3.00. The summed E-state index contributed by atoms with van der Waals surface area (Å²) < 4.78 is 37.0. The predicted molar refractivity (Wildman–Crippen MR) is 116 cm³/mol. The molecule has 1 aliphatic heterocycles. The van der Waals surface area contributed by atoms with Gasteiger partial charge in [0.05, 0.1) is 29.1 Å². The Morgan fingerprint density at radius 2 is 1.52 bits per heavy atom. The lowest BCUT2D eigenvalue weighted by Crippen LogP contribution is -2.06. The van der Waals surface area contributed by atoms with Crippen molar-refractivity contribution in [3.05, 3.63) is 84.4 Å². The van der Waals surface area contributed by atoms with Gasteiger partial charge in [-0.15, -0.1) is 11.8 Å². The largest absolute Gasteiger partial charge is 0.493 e. The predicted octanol–water partition coefficient (Wildman–Crippen LogP) is 5.16. The van der Waals surface area contributed by atoms with E-state index in [1.807, 2.05) is 66.7 Å². The van der Waals surface area contributed by atoms with Crippen molar-refractivity contribution >= 4 is 21.6 Å². The zero-order valence-corrected chi connectivity index (χ0v) is 17.5. The summed E-state index contributed by atoms with van der Waals surface area (Å²) in [5.41, 5.74) is 0.783. The summed E-state index contributed by atoms with van der Waals surface area (Å²) in [5.74, 6) is 1.58. The van der Waals surface area contributed by atoms with E-state index < -0.39 is 9.84 Å². The van der Waals surface area contributed by atoms with Crippen LogP contribution in [0.15, 0.2) is 88.7 Å². The van der Waals surface area contributed by atoms with Crippen molar-refractivity contribution in [2.24, 2.45) is 0 Å². The molecule has 0 radical (unpaired) electrons. The maximum Gasteiger partial charge on any atom is 0.180 e. The van der Waals surface area contributed by atoms with E-state index in [1.54, 1.807) is 23.9 Å². The van der Waals surface area contributed by atoms with E-state index in [9.17, 15) is 8.42 Å². The van der Waals surface area contributed by atoms with Gasteiger partial charge in [-0.2, -0.15) is 0 Å². The van der Waals surface area contributed by atoms with Crippen molar-refractivity contribution in [1.29, 1.82) is 0 Å². The number of sulfone groups is 1. The molecular weight excluding hydrogens is 404 g/mol. The summed E-state index contributed by atoms with van der Waals surface area (Å²) in [5, 5.41) is -0.172. The lowest BCUT2D eigenvalue weighted by atomic mass is 10.1. The fraction of sp³-hybridized carbons (Fsp3) is 0.217. The van der Waals surface area contributed by atoms with Gasteiger partial charge >= 0.3 is 0 Å². The van der Waals surface area contributed by atoms with Crippen molar-refractivity contribution in [3.8, 4) is 11.5 Å². The lowest BCUT2D eigenvalue weighted by molar-refractivity contribution is 0.246. The summed E-state index contributed by atoms with van der Waals surface area (Å²) in [6.07, 6.45) is 0.710. The first kappa shape index (κ1) is 19.9. The number of thioether (sulfide) groups is 1. The number of hydrogen-bond acceptors (Lipinski definition) is 5. The molecule has 0 aromatic heterocycles. The van der Waals surface area contributed by atoms with Crippen LogP contribution in [0.25, 0.3) is 0 Å². The molecule has 1 aliphatic rings. The second kappa shape index (κ2) is 8.93. The molecule has 29 heavy (non-hydrogen) atoms. The number of fused-ring (bicyclic) bond motifs is 1. The summed E-state index contributed by atoms with van der Waals surface area (Å²) in [6.45, 7) is 1.01. The van der Waals surface area contributed by atoms with Crippen LogP contribution in [0.4, 0.5) is 0 Å². The van der Waals surface area contributed by atoms with E-state index in [2.05, 4.69) is 0 Å². The Labute approximate surface area is 175 Å². The van der Waals surface area contributed by atoms with Crippen molar-refractivity contribution in [2.45, 2.75) is 21.5 Å². The highest BCUT2D eigenvalue weighted by Gasteiger charge is 2.37. The number of hydrogen-bond donors (Lipinski definition) is 0. The molecule has 0 spiro atoms. The third-order valence-electron chi connectivity index (χ3n) is 4.63. The van der Waals surface area contributed by atoms with Gasteiger partial charge in [-0.3, -0.25) is 0 Å². The van der Waals surface area contributed by atoms with Crippen molar-refractivity contribution in [2.75, 3.05) is 19.0 Å². The summed E-state index contributed by atoms with van der Waals surface area (Å²) in [6, 6.07) is 24.8. The molecule has 150 valence electrons.